The molecular formula is C16H21NO5. The average Bonchev–Trinajstić information content (AvgIpc) is 2.96. The maximum absolute atomic E-state index is 12.1. The van der Waals surface area contributed by atoms with E-state index in [-0.39, 0.29) is 24.2 Å². The number of amides is 1. The quantitative estimate of drug-likeness (QED) is 0.908. The summed E-state index contributed by atoms with van der Waals surface area (Å²) in [6.45, 7) is 4.02. The molecule has 2 fully saturated rings. The summed E-state index contributed by atoms with van der Waals surface area (Å²) in [5.41, 5.74) is 0.614. The van der Waals surface area contributed by atoms with Crippen molar-refractivity contribution in [2.75, 3.05) is 13.7 Å². The van der Waals surface area contributed by atoms with Crippen LogP contribution >= 0.6 is 0 Å². The summed E-state index contributed by atoms with van der Waals surface area (Å²) in [4.78, 5) is 12.1. The first-order chi connectivity index (χ1) is 10.5. The molecule has 2 saturated heterocycles. The number of ether oxygens (including phenoxy) is 4. The van der Waals surface area contributed by atoms with Gasteiger partial charge in [-0.3, -0.25) is 4.79 Å². The lowest BCUT2D eigenvalue weighted by Crippen LogP contribution is -2.42. The Morgan fingerprint density at radius 2 is 2.00 bits per heavy atom. The number of methoxy groups -OCH3 is 1. The van der Waals surface area contributed by atoms with Gasteiger partial charge < -0.3 is 24.3 Å². The number of rotatable bonds is 4. The molecule has 1 amide bonds. The van der Waals surface area contributed by atoms with Crippen LogP contribution < -0.4 is 5.32 Å². The second-order valence-corrected chi connectivity index (χ2v) is 5.92. The van der Waals surface area contributed by atoms with Crippen LogP contribution in [0.15, 0.2) is 30.3 Å². The van der Waals surface area contributed by atoms with Crippen molar-refractivity contribution in [1.82, 2.24) is 5.32 Å². The Labute approximate surface area is 129 Å². The molecule has 22 heavy (non-hydrogen) atoms. The molecule has 0 bridgehead atoms. The fourth-order valence-electron chi connectivity index (χ4n) is 2.88. The Kier molecular flexibility index (Phi) is 4.18. The third kappa shape index (κ3) is 3.01. The van der Waals surface area contributed by atoms with Crippen molar-refractivity contribution < 1.29 is 23.7 Å². The molecule has 0 spiro atoms. The lowest BCUT2D eigenvalue weighted by Gasteiger charge is -2.25. The molecule has 4 atom stereocenters. The second kappa shape index (κ2) is 5.96. The van der Waals surface area contributed by atoms with Gasteiger partial charge in [0.25, 0.3) is 5.91 Å². The molecule has 120 valence electrons. The number of fused-ring (bicyclic) bond motifs is 1. The van der Waals surface area contributed by atoms with E-state index in [9.17, 15) is 4.79 Å². The van der Waals surface area contributed by atoms with Gasteiger partial charge in [-0.15, -0.1) is 0 Å². The van der Waals surface area contributed by atoms with E-state index < -0.39 is 12.1 Å². The highest BCUT2D eigenvalue weighted by Crippen LogP contribution is 2.38. The second-order valence-electron chi connectivity index (χ2n) is 5.92. The Balaban J connectivity index is 1.59. The zero-order valence-electron chi connectivity index (χ0n) is 12.9. The normalized spacial score (nSPS) is 32.7. The SMILES string of the molecule is CO[C@@H]1[C@H]2OC(C)(C)O[C@H]2O[C@@H]1CNC(=O)c1ccccc1. The highest BCUT2D eigenvalue weighted by atomic mass is 16.8. The van der Waals surface area contributed by atoms with Gasteiger partial charge in [-0.05, 0) is 26.0 Å². The van der Waals surface area contributed by atoms with E-state index in [1.165, 1.54) is 0 Å². The molecule has 6 heteroatoms. The predicted octanol–water partition coefficient (Wildman–Crippen LogP) is 1.31. The summed E-state index contributed by atoms with van der Waals surface area (Å²) in [5, 5.41) is 2.86. The molecule has 1 aromatic rings. The Morgan fingerprint density at radius 3 is 2.68 bits per heavy atom. The van der Waals surface area contributed by atoms with E-state index in [0.29, 0.717) is 12.1 Å². The van der Waals surface area contributed by atoms with Crippen molar-refractivity contribution >= 4 is 5.91 Å². The zero-order chi connectivity index (χ0) is 15.7. The molecule has 0 saturated carbocycles. The molecule has 3 rings (SSSR count). The van der Waals surface area contributed by atoms with Crippen LogP contribution in [0.25, 0.3) is 0 Å². The van der Waals surface area contributed by atoms with Crippen LogP contribution in [-0.4, -0.2) is 50.0 Å². The Morgan fingerprint density at radius 1 is 1.27 bits per heavy atom. The third-order valence-electron chi connectivity index (χ3n) is 3.86. The van der Waals surface area contributed by atoms with Gasteiger partial charge in [0, 0.05) is 19.2 Å². The summed E-state index contributed by atoms with van der Waals surface area (Å²) in [6, 6.07) is 9.06. The number of hydrogen-bond donors (Lipinski definition) is 1. The first-order valence-electron chi connectivity index (χ1n) is 7.37. The van der Waals surface area contributed by atoms with Gasteiger partial charge >= 0.3 is 0 Å². The van der Waals surface area contributed by atoms with E-state index in [4.69, 9.17) is 18.9 Å². The topological polar surface area (TPSA) is 66.0 Å². The van der Waals surface area contributed by atoms with Crippen LogP contribution in [0.1, 0.15) is 24.2 Å². The summed E-state index contributed by atoms with van der Waals surface area (Å²) in [6.07, 6.45) is -1.32. The number of hydrogen-bond acceptors (Lipinski definition) is 5. The lowest BCUT2D eigenvalue weighted by atomic mass is 10.1. The standard InChI is InChI=1S/C16H21NO5/c1-16(2)21-13-12(19-3)11(20-15(13)22-16)9-17-14(18)10-7-5-4-6-8-10/h4-8,11-13,15H,9H2,1-3H3,(H,17,18)/t11-,12+,13-,15-/m1/s1. The highest BCUT2D eigenvalue weighted by molar-refractivity contribution is 5.94. The van der Waals surface area contributed by atoms with Crippen LogP contribution in [-0.2, 0) is 18.9 Å². The van der Waals surface area contributed by atoms with Crippen LogP contribution in [0.4, 0.5) is 0 Å². The van der Waals surface area contributed by atoms with Crippen molar-refractivity contribution in [3.63, 3.8) is 0 Å². The molecule has 2 aliphatic heterocycles. The van der Waals surface area contributed by atoms with Crippen LogP contribution in [0, 0.1) is 0 Å². The van der Waals surface area contributed by atoms with E-state index in [1.54, 1.807) is 19.2 Å². The van der Waals surface area contributed by atoms with Gasteiger partial charge in [-0.2, -0.15) is 0 Å². The minimum atomic E-state index is -0.676. The smallest absolute Gasteiger partial charge is 0.251 e. The van der Waals surface area contributed by atoms with E-state index in [0.717, 1.165) is 0 Å². The number of carbonyl (C=O) groups excluding carboxylic acids is 1. The first kappa shape index (κ1) is 15.4. The molecule has 0 aliphatic carbocycles. The van der Waals surface area contributed by atoms with E-state index >= 15 is 0 Å². The zero-order valence-corrected chi connectivity index (χ0v) is 12.9. The molecule has 2 heterocycles. The maximum Gasteiger partial charge on any atom is 0.251 e. The molecule has 0 radical (unpaired) electrons. The predicted molar refractivity (Wildman–Crippen MR) is 78.3 cm³/mol. The maximum atomic E-state index is 12.1. The summed E-state index contributed by atoms with van der Waals surface area (Å²) < 4.78 is 22.8. The minimum absolute atomic E-state index is 0.140. The van der Waals surface area contributed by atoms with E-state index in [1.807, 2.05) is 32.0 Å². The monoisotopic (exact) mass is 307 g/mol. The molecule has 2 aliphatic rings. The average molecular weight is 307 g/mol. The Bertz CT molecular complexity index is 533. The van der Waals surface area contributed by atoms with Crippen molar-refractivity contribution in [3.05, 3.63) is 35.9 Å². The summed E-state index contributed by atoms with van der Waals surface area (Å²) >= 11 is 0. The van der Waals surface area contributed by atoms with Crippen molar-refractivity contribution in [2.45, 2.75) is 44.2 Å². The van der Waals surface area contributed by atoms with Gasteiger partial charge in [0.15, 0.2) is 12.1 Å². The molecule has 0 aromatic heterocycles. The van der Waals surface area contributed by atoms with Crippen LogP contribution in [0.2, 0.25) is 0 Å². The molecule has 1 aromatic carbocycles. The minimum Gasteiger partial charge on any atom is -0.376 e. The largest absolute Gasteiger partial charge is 0.376 e. The molecule has 0 unspecified atom stereocenters. The van der Waals surface area contributed by atoms with Gasteiger partial charge in [0.1, 0.15) is 18.3 Å². The van der Waals surface area contributed by atoms with Crippen molar-refractivity contribution in [1.29, 1.82) is 0 Å². The number of nitrogens with one attached hydrogen (secondary N) is 1. The van der Waals surface area contributed by atoms with Gasteiger partial charge in [0.2, 0.25) is 0 Å². The number of benzene rings is 1. The fourth-order valence-corrected chi connectivity index (χ4v) is 2.88. The summed E-state index contributed by atoms with van der Waals surface area (Å²) in [5.74, 6) is -0.817. The van der Waals surface area contributed by atoms with Gasteiger partial charge in [-0.25, -0.2) is 0 Å². The van der Waals surface area contributed by atoms with Gasteiger partial charge in [0.05, 0.1) is 0 Å². The molecule has 1 N–H and O–H groups in total. The molecule has 6 nitrogen and oxygen atoms in total. The molecular weight excluding hydrogens is 286 g/mol. The van der Waals surface area contributed by atoms with Crippen molar-refractivity contribution in [2.24, 2.45) is 0 Å². The lowest BCUT2D eigenvalue weighted by molar-refractivity contribution is -0.215. The van der Waals surface area contributed by atoms with Crippen LogP contribution in [0.3, 0.4) is 0 Å². The van der Waals surface area contributed by atoms with E-state index in [2.05, 4.69) is 5.32 Å². The van der Waals surface area contributed by atoms with Gasteiger partial charge in [-0.1, -0.05) is 18.2 Å². The fraction of sp³-hybridized carbons (Fsp3) is 0.562. The Hall–Kier alpha value is -1.47. The van der Waals surface area contributed by atoms with Crippen molar-refractivity contribution in [3.8, 4) is 0 Å². The summed E-state index contributed by atoms with van der Waals surface area (Å²) in [7, 11) is 1.61. The first-order valence-corrected chi connectivity index (χ1v) is 7.37. The third-order valence-corrected chi connectivity index (χ3v) is 3.86. The van der Waals surface area contributed by atoms with Crippen LogP contribution in [0.5, 0.6) is 0 Å². The number of carbonyl (C=O) groups is 1. The highest BCUT2D eigenvalue weighted by Gasteiger charge is 2.54.